The molecule has 0 aliphatic heterocycles. The monoisotopic (exact) mass is 339 g/mol. The molecule has 0 unspecified atom stereocenters. The van der Waals surface area contributed by atoms with Crippen molar-refractivity contribution in [2.45, 2.75) is 6.18 Å². The number of benzene rings is 2. The molecular weight excluding hydrogens is 331 g/mol. The van der Waals surface area contributed by atoms with Crippen molar-refractivity contribution >= 4 is 26.8 Å². The maximum atomic E-state index is 12.5. The van der Waals surface area contributed by atoms with E-state index < -0.39 is 11.7 Å². The third-order valence-corrected chi connectivity index (χ3v) is 3.60. The topological polar surface area (TPSA) is 15.8 Å². The normalized spacial score (nSPS) is 12.0. The molecule has 0 bridgehead atoms. The van der Waals surface area contributed by atoms with Gasteiger partial charge in [-0.3, -0.25) is 0 Å². The van der Waals surface area contributed by atoms with E-state index in [0.717, 1.165) is 38.8 Å². The van der Waals surface area contributed by atoms with Gasteiger partial charge in [-0.15, -0.1) is 0 Å². The van der Waals surface area contributed by atoms with Crippen LogP contribution in [0.25, 0.3) is 22.2 Å². The summed E-state index contributed by atoms with van der Waals surface area (Å²) in [4.78, 5) is 3.20. The number of halogens is 4. The number of rotatable bonds is 1. The predicted octanol–water partition coefficient (Wildman–Crippen LogP) is 5.62. The highest BCUT2D eigenvalue weighted by molar-refractivity contribution is 9.10. The Kier molecular flexibility index (Phi) is 3.09. The molecule has 0 aliphatic carbocycles. The van der Waals surface area contributed by atoms with E-state index in [2.05, 4.69) is 20.9 Å². The number of fused-ring (bicyclic) bond motifs is 1. The molecule has 0 spiro atoms. The lowest BCUT2D eigenvalue weighted by Gasteiger charge is -2.06. The molecule has 0 atom stereocenters. The molecule has 0 saturated carbocycles. The third kappa shape index (κ3) is 2.45. The van der Waals surface area contributed by atoms with Crippen molar-refractivity contribution in [2.24, 2.45) is 0 Å². The van der Waals surface area contributed by atoms with Gasteiger partial charge in [-0.2, -0.15) is 13.2 Å². The van der Waals surface area contributed by atoms with E-state index >= 15 is 0 Å². The summed E-state index contributed by atoms with van der Waals surface area (Å²) in [6.45, 7) is 0. The SMILES string of the molecule is FC(F)(F)c1ccc(-c2cc3cc(Br)ccc3[nH]2)cc1. The quantitative estimate of drug-likeness (QED) is 0.592. The second-order valence-corrected chi connectivity index (χ2v) is 5.41. The number of hydrogen-bond donors (Lipinski definition) is 1. The molecule has 5 heteroatoms. The van der Waals surface area contributed by atoms with Crippen molar-refractivity contribution in [3.63, 3.8) is 0 Å². The van der Waals surface area contributed by atoms with Crippen LogP contribution >= 0.6 is 15.9 Å². The van der Waals surface area contributed by atoms with Crippen LogP contribution in [0.1, 0.15) is 5.56 Å². The largest absolute Gasteiger partial charge is 0.416 e. The Balaban J connectivity index is 2.02. The number of nitrogens with one attached hydrogen (secondary N) is 1. The highest BCUT2D eigenvalue weighted by Crippen LogP contribution is 2.32. The fourth-order valence-electron chi connectivity index (χ4n) is 2.10. The summed E-state index contributed by atoms with van der Waals surface area (Å²) in [5, 5.41) is 1.01. The van der Waals surface area contributed by atoms with Gasteiger partial charge in [-0.25, -0.2) is 0 Å². The van der Waals surface area contributed by atoms with Gasteiger partial charge in [-0.1, -0.05) is 28.1 Å². The highest BCUT2D eigenvalue weighted by Gasteiger charge is 2.29. The number of aromatic nitrogens is 1. The lowest BCUT2D eigenvalue weighted by Crippen LogP contribution is -2.03. The highest BCUT2D eigenvalue weighted by atomic mass is 79.9. The van der Waals surface area contributed by atoms with E-state index in [1.165, 1.54) is 12.1 Å². The molecule has 0 amide bonds. The molecule has 2 aromatic carbocycles. The fourth-order valence-corrected chi connectivity index (χ4v) is 2.48. The van der Waals surface area contributed by atoms with Crippen LogP contribution < -0.4 is 0 Å². The summed E-state index contributed by atoms with van der Waals surface area (Å²) in [6, 6.07) is 12.9. The average Bonchev–Trinajstić information content (AvgIpc) is 2.80. The predicted molar refractivity (Wildman–Crippen MR) is 76.4 cm³/mol. The van der Waals surface area contributed by atoms with Gasteiger partial charge in [0.1, 0.15) is 0 Å². The fraction of sp³-hybridized carbons (Fsp3) is 0.0667. The Morgan fingerprint density at radius 3 is 2.25 bits per heavy atom. The molecule has 20 heavy (non-hydrogen) atoms. The summed E-state index contributed by atoms with van der Waals surface area (Å²) in [6.07, 6.45) is -4.30. The molecule has 3 aromatic rings. The van der Waals surface area contributed by atoms with E-state index in [9.17, 15) is 13.2 Å². The van der Waals surface area contributed by atoms with Crippen LogP contribution in [0.4, 0.5) is 13.2 Å². The van der Waals surface area contributed by atoms with Crippen molar-refractivity contribution in [1.29, 1.82) is 0 Å². The third-order valence-electron chi connectivity index (χ3n) is 3.11. The number of aromatic amines is 1. The minimum absolute atomic E-state index is 0.639. The average molecular weight is 340 g/mol. The van der Waals surface area contributed by atoms with Gasteiger partial charge in [0.15, 0.2) is 0 Å². The van der Waals surface area contributed by atoms with Crippen molar-refractivity contribution < 1.29 is 13.2 Å². The molecule has 1 aromatic heterocycles. The Morgan fingerprint density at radius 1 is 0.900 bits per heavy atom. The van der Waals surface area contributed by atoms with Crippen LogP contribution in [0.2, 0.25) is 0 Å². The van der Waals surface area contributed by atoms with Crippen LogP contribution in [0.5, 0.6) is 0 Å². The molecule has 0 radical (unpaired) electrons. The van der Waals surface area contributed by atoms with E-state index in [-0.39, 0.29) is 0 Å². The van der Waals surface area contributed by atoms with Gasteiger partial charge in [0, 0.05) is 21.1 Å². The zero-order valence-electron chi connectivity index (χ0n) is 10.1. The zero-order valence-corrected chi connectivity index (χ0v) is 11.7. The first kappa shape index (κ1) is 13.2. The maximum Gasteiger partial charge on any atom is 0.416 e. The smallest absolute Gasteiger partial charge is 0.355 e. The first-order valence-electron chi connectivity index (χ1n) is 5.89. The Hall–Kier alpha value is -1.75. The lowest BCUT2D eigenvalue weighted by atomic mass is 10.1. The summed E-state index contributed by atoms with van der Waals surface area (Å²) in [5.41, 5.74) is 1.83. The van der Waals surface area contributed by atoms with Crippen molar-refractivity contribution in [1.82, 2.24) is 4.98 Å². The number of alkyl halides is 3. The van der Waals surface area contributed by atoms with Gasteiger partial charge in [0.2, 0.25) is 0 Å². The van der Waals surface area contributed by atoms with E-state index in [1.54, 1.807) is 0 Å². The van der Waals surface area contributed by atoms with Gasteiger partial charge in [-0.05, 0) is 42.0 Å². The lowest BCUT2D eigenvalue weighted by molar-refractivity contribution is -0.137. The molecule has 102 valence electrons. The van der Waals surface area contributed by atoms with Crippen LogP contribution in [0, 0.1) is 0 Å². The van der Waals surface area contributed by atoms with E-state index in [0.29, 0.717) is 0 Å². The molecule has 3 rings (SSSR count). The molecule has 0 fully saturated rings. The van der Waals surface area contributed by atoms with Crippen molar-refractivity contribution in [2.75, 3.05) is 0 Å². The van der Waals surface area contributed by atoms with Crippen molar-refractivity contribution in [3.05, 3.63) is 58.6 Å². The van der Waals surface area contributed by atoms with Crippen LogP contribution in [-0.2, 0) is 6.18 Å². The molecule has 1 N–H and O–H groups in total. The van der Waals surface area contributed by atoms with Gasteiger partial charge in [0.25, 0.3) is 0 Å². The summed E-state index contributed by atoms with van der Waals surface area (Å²) < 4.78 is 38.5. The second-order valence-electron chi connectivity index (χ2n) is 4.49. The summed E-state index contributed by atoms with van der Waals surface area (Å²) in [7, 11) is 0. The molecule has 0 saturated heterocycles. The van der Waals surface area contributed by atoms with Crippen molar-refractivity contribution in [3.8, 4) is 11.3 Å². The van der Waals surface area contributed by atoms with Crippen LogP contribution in [0.3, 0.4) is 0 Å². The maximum absolute atomic E-state index is 12.5. The van der Waals surface area contributed by atoms with E-state index in [4.69, 9.17) is 0 Å². The standard InChI is InChI=1S/C15H9BrF3N/c16-12-5-6-13-10(7-12)8-14(20-13)9-1-3-11(4-2-9)15(17,18)19/h1-8,20H. The molecule has 0 aliphatic rings. The molecular formula is C15H9BrF3N. The Morgan fingerprint density at radius 2 is 1.60 bits per heavy atom. The van der Waals surface area contributed by atoms with Gasteiger partial charge < -0.3 is 4.98 Å². The minimum Gasteiger partial charge on any atom is -0.355 e. The molecule has 1 nitrogen and oxygen atoms in total. The van der Waals surface area contributed by atoms with Crippen LogP contribution in [-0.4, -0.2) is 4.98 Å². The zero-order chi connectivity index (χ0) is 14.3. The molecule has 1 heterocycles. The first-order chi connectivity index (χ1) is 9.43. The van der Waals surface area contributed by atoms with E-state index in [1.807, 2.05) is 24.3 Å². The van der Waals surface area contributed by atoms with Gasteiger partial charge >= 0.3 is 6.18 Å². The Bertz CT molecular complexity index is 757. The number of hydrogen-bond acceptors (Lipinski definition) is 0. The minimum atomic E-state index is -4.30. The summed E-state index contributed by atoms with van der Waals surface area (Å²) in [5.74, 6) is 0. The summed E-state index contributed by atoms with van der Waals surface area (Å²) >= 11 is 3.39. The first-order valence-corrected chi connectivity index (χ1v) is 6.69. The van der Waals surface area contributed by atoms with Crippen LogP contribution in [0.15, 0.2) is 53.0 Å². The number of H-pyrrole nitrogens is 1. The van der Waals surface area contributed by atoms with Gasteiger partial charge in [0.05, 0.1) is 5.56 Å². The second kappa shape index (κ2) is 4.66. The Labute approximate surface area is 121 Å².